The minimum Gasteiger partial charge on any atom is -0.427 e. The summed E-state index contributed by atoms with van der Waals surface area (Å²) in [5, 5.41) is 0. The number of fused-ring (bicyclic) bond motifs is 1. The molecule has 8 heteroatoms. The normalized spacial score (nSPS) is 11.0. The van der Waals surface area contributed by atoms with Gasteiger partial charge in [-0.3, -0.25) is 18.7 Å². The lowest BCUT2D eigenvalue weighted by atomic mass is 10.2. The van der Waals surface area contributed by atoms with Crippen molar-refractivity contribution in [3.05, 3.63) is 57.0 Å². The van der Waals surface area contributed by atoms with Crippen molar-refractivity contribution in [2.45, 2.75) is 13.5 Å². The third-order valence-electron chi connectivity index (χ3n) is 3.70. The number of nitrogens with zero attached hydrogens (tertiary/aromatic N) is 4. The summed E-state index contributed by atoms with van der Waals surface area (Å²) >= 11 is 0. The minimum atomic E-state index is -0.455. The highest BCUT2D eigenvalue weighted by Gasteiger charge is 2.15. The second-order valence-corrected chi connectivity index (χ2v) is 5.50. The fourth-order valence-electron chi connectivity index (χ4n) is 2.59. The Morgan fingerprint density at radius 3 is 2.71 bits per heavy atom. The third kappa shape index (κ3) is 2.62. The van der Waals surface area contributed by atoms with Gasteiger partial charge in [0, 0.05) is 21.0 Å². The fourth-order valence-corrected chi connectivity index (χ4v) is 2.59. The molecule has 0 radical (unpaired) electrons. The van der Waals surface area contributed by atoms with Gasteiger partial charge in [-0.2, -0.15) is 0 Å². The molecular weight excluding hydrogens is 312 g/mol. The Morgan fingerprint density at radius 1 is 1.25 bits per heavy atom. The van der Waals surface area contributed by atoms with Gasteiger partial charge in [-0.05, 0) is 17.7 Å². The van der Waals surface area contributed by atoms with Gasteiger partial charge in [0.25, 0.3) is 5.56 Å². The molecule has 0 aliphatic heterocycles. The Morgan fingerprint density at radius 2 is 2.00 bits per heavy atom. The topological polar surface area (TPSA) is 88.1 Å². The van der Waals surface area contributed by atoms with Crippen LogP contribution in [0.25, 0.3) is 11.2 Å². The van der Waals surface area contributed by atoms with E-state index in [2.05, 4.69) is 4.98 Å². The van der Waals surface area contributed by atoms with Crippen molar-refractivity contribution in [3.63, 3.8) is 0 Å². The number of aryl methyl sites for hydroxylation is 2. The van der Waals surface area contributed by atoms with E-state index in [9.17, 15) is 14.4 Å². The molecule has 0 fully saturated rings. The number of imidazole rings is 1. The zero-order valence-electron chi connectivity index (χ0n) is 13.5. The van der Waals surface area contributed by atoms with Crippen LogP contribution in [0.1, 0.15) is 12.5 Å². The molecule has 0 aliphatic rings. The molecule has 2 heterocycles. The summed E-state index contributed by atoms with van der Waals surface area (Å²) in [5.74, 6) is -0.0666. The number of benzene rings is 1. The van der Waals surface area contributed by atoms with Gasteiger partial charge in [-0.1, -0.05) is 12.1 Å². The highest BCUT2D eigenvalue weighted by molar-refractivity contribution is 5.70. The number of rotatable bonds is 3. The Kier molecular flexibility index (Phi) is 3.80. The van der Waals surface area contributed by atoms with Gasteiger partial charge in [0.15, 0.2) is 11.2 Å². The van der Waals surface area contributed by atoms with Crippen molar-refractivity contribution >= 4 is 17.1 Å². The summed E-state index contributed by atoms with van der Waals surface area (Å²) in [4.78, 5) is 40.3. The standard InChI is InChI=1S/C16H16N4O4/c1-10(21)24-12-6-4-5-11(7-12)8-20-15(22)13-14(17-9-18(13)2)19(3)16(20)23/h4-7,9H,8H2,1-3H3. The predicted octanol–water partition coefficient (Wildman–Crippen LogP) is 0.407. The van der Waals surface area contributed by atoms with E-state index < -0.39 is 17.2 Å². The van der Waals surface area contributed by atoms with Crippen molar-refractivity contribution in [1.29, 1.82) is 0 Å². The van der Waals surface area contributed by atoms with Gasteiger partial charge in [0.1, 0.15) is 5.75 Å². The van der Waals surface area contributed by atoms with Crippen LogP contribution < -0.4 is 16.0 Å². The molecule has 24 heavy (non-hydrogen) atoms. The minimum absolute atomic E-state index is 0.0712. The first-order valence-electron chi connectivity index (χ1n) is 7.26. The Balaban J connectivity index is 2.11. The molecule has 124 valence electrons. The summed E-state index contributed by atoms with van der Waals surface area (Å²) in [6.45, 7) is 1.38. The molecule has 3 aromatic rings. The average molecular weight is 328 g/mol. The van der Waals surface area contributed by atoms with E-state index in [1.165, 1.54) is 17.8 Å². The van der Waals surface area contributed by atoms with Crippen molar-refractivity contribution < 1.29 is 9.53 Å². The van der Waals surface area contributed by atoms with Crippen LogP contribution in [0.2, 0.25) is 0 Å². The van der Waals surface area contributed by atoms with E-state index in [-0.39, 0.29) is 6.54 Å². The lowest BCUT2D eigenvalue weighted by Gasteiger charge is -2.09. The number of carbonyl (C=O) groups excluding carboxylic acids is 1. The van der Waals surface area contributed by atoms with E-state index in [1.807, 2.05) is 0 Å². The van der Waals surface area contributed by atoms with Crippen LogP contribution in [0.3, 0.4) is 0 Å². The van der Waals surface area contributed by atoms with Gasteiger partial charge in [0.05, 0.1) is 12.9 Å². The van der Waals surface area contributed by atoms with Crippen molar-refractivity contribution in [2.75, 3.05) is 0 Å². The quantitative estimate of drug-likeness (QED) is 0.513. The van der Waals surface area contributed by atoms with E-state index in [1.54, 1.807) is 42.9 Å². The molecule has 0 saturated heterocycles. The summed E-state index contributed by atoms with van der Waals surface area (Å²) < 4.78 is 9.09. The lowest BCUT2D eigenvalue weighted by Crippen LogP contribution is -2.39. The monoisotopic (exact) mass is 328 g/mol. The summed E-state index contributed by atoms with van der Waals surface area (Å²) in [7, 11) is 3.27. The van der Waals surface area contributed by atoms with Crippen LogP contribution in [0.15, 0.2) is 40.2 Å². The van der Waals surface area contributed by atoms with Crippen LogP contribution >= 0.6 is 0 Å². The number of hydrogen-bond donors (Lipinski definition) is 0. The van der Waals surface area contributed by atoms with E-state index in [0.29, 0.717) is 22.5 Å². The molecule has 0 spiro atoms. The molecule has 3 rings (SSSR count). The summed E-state index contributed by atoms with van der Waals surface area (Å²) in [5.41, 5.74) is 0.509. The zero-order chi connectivity index (χ0) is 17.4. The Bertz CT molecular complexity index is 1060. The first-order valence-corrected chi connectivity index (χ1v) is 7.26. The molecule has 0 saturated carbocycles. The van der Waals surface area contributed by atoms with Crippen LogP contribution in [0.4, 0.5) is 0 Å². The molecule has 2 aromatic heterocycles. The van der Waals surface area contributed by atoms with Gasteiger partial charge in [0.2, 0.25) is 0 Å². The number of ether oxygens (including phenoxy) is 1. The highest BCUT2D eigenvalue weighted by Crippen LogP contribution is 2.14. The van der Waals surface area contributed by atoms with Crippen LogP contribution in [0.5, 0.6) is 5.75 Å². The third-order valence-corrected chi connectivity index (χ3v) is 3.70. The maximum Gasteiger partial charge on any atom is 0.332 e. The largest absolute Gasteiger partial charge is 0.427 e. The smallest absolute Gasteiger partial charge is 0.332 e. The number of esters is 1. The van der Waals surface area contributed by atoms with E-state index in [0.717, 1.165) is 4.57 Å². The van der Waals surface area contributed by atoms with Crippen molar-refractivity contribution in [1.82, 2.24) is 18.7 Å². The molecule has 1 aromatic carbocycles. The van der Waals surface area contributed by atoms with E-state index in [4.69, 9.17) is 4.74 Å². The second kappa shape index (κ2) is 5.80. The molecule has 0 atom stereocenters. The first kappa shape index (κ1) is 15.7. The van der Waals surface area contributed by atoms with Gasteiger partial charge < -0.3 is 9.30 Å². The first-order chi connectivity index (χ1) is 11.4. The molecule has 0 bridgehead atoms. The SMILES string of the molecule is CC(=O)Oc1cccc(Cn2c(=O)c3c(ncn3C)n(C)c2=O)c1. The number of carbonyl (C=O) groups is 1. The Labute approximate surface area is 136 Å². The second-order valence-electron chi connectivity index (χ2n) is 5.50. The maximum absolute atomic E-state index is 12.7. The predicted molar refractivity (Wildman–Crippen MR) is 87.1 cm³/mol. The summed E-state index contributed by atoms with van der Waals surface area (Å²) in [6, 6.07) is 6.72. The highest BCUT2D eigenvalue weighted by atomic mass is 16.5. The van der Waals surface area contributed by atoms with Gasteiger partial charge >= 0.3 is 11.7 Å². The molecule has 0 unspecified atom stereocenters. The van der Waals surface area contributed by atoms with Crippen molar-refractivity contribution in [3.8, 4) is 5.75 Å². The van der Waals surface area contributed by atoms with Gasteiger partial charge in [-0.15, -0.1) is 0 Å². The average Bonchev–Trinajstić information content (AvgIpc) is 2.91. The Hall–Kier alpha value is -3.16. The van der Waals surface area contributed by atoms with Crippen LogP contribution in [-0.2, 0) is 25.4 Å². The lowest BCUT2D eigenvalue weighted by molar-refractivity contribution is -0.131. The number of hydrogen-bond acceptors (Lipinski definition) is 5. The van der Waals surface area contributed by atoms with E-state index >= 15 is 0 Å². The number of aromatic nitrogens is 4. The van der Waals surface area contributed by atoms with Crippen LogP contribution in [0, 0.1) is 0 Å². The molecule has 0 N–H and O–H groups in total. The molecular formula is C16H16N4O4. The fraction of sp³-hybridized carbons (Fsp3) is 0.250. The van der Waals surface area contributed by atoms with Crippen molar-refractivity contribution in [2.24, 2.45) is 14.1 Å². The zero-order valence-corrected chi connectivity index (χ0v) is 13.5. The maximum atomic E-state index is 12.7. The molecule has 0 amide bonds. The summed E-state index contributed by atoms with van der Waals surface area (Å²) in [6.07, 6.45) is 1.50. The molecule has 0 aliphatic carbocycles. The molecule has 8 nitrogen and oxygen atoms in total. The van der Waals surface area contributed by atoms with Crippen LogP contribution in [-0.4, -0.2) is 24.7 Å². The van der Waals surface area contributed by atoms with Gasteiger partial charge in [-0.25, -0.2) is 9.78 Å².